The van der Waals surface area contributed by atoms with E-state index in [-0.39, 0.29) is 0 Å². The van der Waals surface area contributed by atoms with Crippen LogP contribution in [0.2, 0.25) is 0 Å². The van der Waals surface area contributed by atoms with E-state index in [9.17, 15) is 4.79 Å². The fraction of sp³-hybridized carbons (Fsp3) is 0.364. The smallest absolute Gasteiger partial charge is 0.335 e. The van der Waals surface area contributed by atoms with Gasteiger partial charge in [0.05, 0.1) is 5.56 Å². The van der Waals surface area contributed by atoms with Crippen LogP contribution in [0.15, 0.2) is 18.2 Å². The number of hydrogen-bond acceptors (Lipinski definition) is 3. The van der Waals surface area contributed by atoms with Gasteiger partial charge in [-0.2, -0.15) is 0 Å². The summed E-state index contributed by atoms with van der Waals surface area (Å²) in [5.74, 6) is -0.897. The van der Waals surface area contributed by atoms with Crippen LogP contribution in [0.3, 0.4) is 0 Å². The molecule has 0 amide bonds. The molecule has 1 aromatic rings. The lowest BCUT2D eigenvalue weighted by atomic mass is 10.1. The molecule has 0 saturated heterocycles. The largest absolute Gasteiger partial charge is 0.478 e. The maximum absolute atomic E-state index is 10.7. The molecule has 0 heterocycles. The van der Waals surface area contributed by atoms with E-state index in [1.165, 1.54) is 0 Å². The third kappa shape index (κ3) is 3.25. The van der Waals surface area contributed by atoms with Gasteiger partial charge in [-0.15, -0.1) is 0 Å². The average Bonchev–Trinajstić information content (AvgIpc) is 2.20. The van der Waals surface area contributed by atoms with Crippen LogP contribution in [-0.2, 0) is 0 Å². The van der Waals surface area contributed by atoms with Gasteiger partial charge in [0.25, 0.3) is 0 Å². The van der Waals surface area contributed by atoms with Crippen molar-refractivity contribution in [1.29, 1.82) is 0 Å². The Kier molecular flexibility index (Phi) is 4.12. The second kappa shape index (κ2) is 5.36. The number of nitrogens with two attached hydrogens (primary N) is 1. The Labute approximate surface area is 89.1 Å². The lowest BCUT2D eigenvalue weighted by Gasteiger charge is -2.09. The molecule has 0 aliphatic carbocycles. The van der Waals surface area contributed by atoms with Gasteiger partial charge in [-0.05, 0) is 43.7 Å². The Morgan fingerprint density at radius 3 is 2.80 bits per heavy atom. The SMILES string of the molecule is Cc1cc(C(=O)O)ccc1NCCCN. The number of aryl methyl sites for hydroxylation is 1. The third-order valence-electron chi connectivity index (χ3n) is 2.17. The molecule has 4 heteroatoms. The third-order valence-corrected chi connectivity index (χ3v) is 2.17. The maximum atomic E-state index is 10.7. The fourth-order valence-corrected chi connectivity index (χ4v) is 1.32. The number of nitrogens with one attached hydrogen (secondary N) is 1. The van der Waals surface area contributed by atoms with E-state index in [4.69, 9.17) is 10.8 Å². The normalized spacial score (nSPS) is 10.0. The summed E-state index contributed by atoms with van der Waals surface area (Å²) in [7, 11) is 0. The van der Waals surface area contributed by atoms with Gasteiger partial charge in [-0.1, -0.05) is 0 Å². The van der Waals surface area contributed by atoms with Crippen LogP contribution >= 0.6 is 0 Å². The molecule has 4 N–H and O–H groups in total. The average molecular weight is 208 g/mol. The van der Waals surface area contributed by atoms with E-state index in [2.05, 4.69) is 5.32 Å². The fourth-order valence-electron chi connectivity index (χ4n) is 1.32. The van der Waals surface area contributed by atoms with Crippen LogP contribution < -0.4 is 11.1 Å². The quantitative estimate of drug-likeness (QED) is 0.640. The zero-order valence-corrected chi connectivity index (χ0v) is 8.79. The Balaban J connectivity index is 2.70. The summed E-state index contributed by atoms with van der Waals surface area (Å²) >= 11 is 0. The molecule has 0 unspecified atom stereocenters. The number of rotatable bonds is 5. The minimum Gasteiger partial charge on any atom is -0.478 e. The van der Waals surface area contributed by atoms with Gasteiger partial charge >= 0.3 is 5.97 Å². The lowest BCUT2D eigenvalue weighted by Crippen LogP contribution is -2.09. The second-order valence-electron chi connectivity index (χ2n) is 3.40. The molecule has 4 nitrogen and oxygen atoms in total. The summed E-state index contributed by atoms with van der Waals surface area (Å²) in [6.07, 6.45) is 0.903. The number of carbonyl (C=O) groups is 1. The summed E-state index contributed by atoms with van der Waals surface area (Å²) in [6, 6.07) is 5.04. The van der Waals surface area contributed by atoms with E-state index < -0.39 is 5.97 Å². The van der Waals surface area contributed by atoms with E-state index in [0.717, 1.165) is 24.2 Å². The summed E-state index contributed by atoms with van der Waals surface area (Å²) in [5.41, 5.74) is 7.60. The van der Waals surface area contributed by atoms with Crippen molar-refractivity contribution in [3.05, 3.63) is 29.3 Å². The van der Waals surface area contributed by atoms with E-state index in [1.54, 1.807) is 18.2 Å². The highest BCUT2D eigenvalue weighted by molar-refractivity contribution is 5.88. The van der Waals surface area contributed by atoms with Crippen molar-refractivity contribution in [2.24, 2.45) is 5.73 Å². The molecule has 0 spiro atoms. The Morgan fingerprint density at radius 1 is 1.53 bits per heavy atom. The first-order valence-corrected chi connectivity index (χ1v) is 4.93. The van der Waals surface area contributed by atoms with Crippen LogP contribution in [0.1, 0.15) is 22.3 Å². The van der Waals surface area contributed by atoms with Crippen molar-refractivity contribution in [3.63, 3.8) is 0 Å². The van der Waals surface area contributed by atoms with Crippen LogP contribution in [0.5, 0.6) is 0 Å². The maximum Gasteiger partial charge on any atom is 0.335 e. The van der Waals surface area contributed by atoms with Crippen LogP contribution in [0, 0.1) is 6.92 Å². The summed E-state index contributed by atoms with van der Waals surface area (Å²) < 4.78 is 0. The first kappa shape index (κ1) is 11.5. The van der Waals surface area contributed by atoms with Crippen LogP contribution in [0.4, 0.5) is 5.69 Å². The van der Waals surface area contributed by atoms with Gasteiger partial charge in [0, 0.05) is 12.2 Å². The molecular weight excluding hydrogens is 192 g/mol. The highest BCUT2D eigenvalue weighted by Crippen LogP contribution is 2.16. The number of anilines is 1. The van der Waals surface area contributed by atoms with Crippen molar-refractivity contribution in [1.82, 2.24) is 0 Å². The summed E-state index contributed by atoms with van der Waals surface area (Å²) in [4.78, 5) is 10.7. The highest BCUT2D eigenvalue weighted by atomic mass is 16.4. The molecule has 1 rings (SSSR count). The van der Waals surface area contributed by atoms with Gasteiger partial charge in [0.2, 0.25) is 0 Å². The number of hydrogen-bond donors (Lipinski definition) is 3. The van der Waals surface area contributed by atoms with Crippen LogP contribution in [0.25, 0.3) is 0 Å². The Morgan fingerprint density at radius 2 is 2.27 bits per heavy atom. The zero-order chi connectivity index (χ0) is 11.3. The van der Waals surface area contributed by atoms with Gasteiger partial charge in [-0.3, -0.25) is 0 Å². The van der Waals surface area contributed by atoms with Gasteiger partial charge in [0.15, 0.2) is 0 Å². The predicted molar refractivity (Wildman–Crippen MR) is 60.3 cm³/mol. The molecule has 0 radical (unpaired) electrons. The summed E-state index contributed by atoms with van der Waals surface area (Å²) in [6.45, 7) is 3.35. The molecule has 15 heavy (non-hydrogen) atoms. The van der Waals surface area contributed by atoms with Crippen molar-refractivity contribution in [2.45, 2.75) is 13.3 Å². The van der Waals surface area contributed by atoms with Gasteiger partial charge < -0.3 is 16.2 Å². The van der Waals surface area contributed by atoms with Crippen molar-refractivity contribution in [2.75, 3.05) is 18.4 Å². The Hall–Kier alpha value is -1.55. The van der Waals surface area contributed by atoms with Crippen molar-refractivity contribution < 1.29 is 9.90 Å². The molecule has 0 aromatic heterocycles. The molecule has 0 atom stereocenters. The van der Waals surface area contributed by atoms with Crippen molar-refractivity contribution >= 4 is 11.7 Å². The Bertz CT molecular complexity index is 350. The topological polar surface area (TPSA) is 75.3 Å². The van der Waals surface area contributed by atoms with Gasteiger partial charge in [0.1, 0.15) is 0 Å². The van der Waals surface area contributed by atoms with Crippen molar-refractivity contribution in [3.8, 4) is 0 Å². The first-order chi connectivity index (χ1) is 7.15. The predicted octanol–water partition coefficient (Wildman–Crippen LogP) is 1.45. The number of aromatic carboxylic acids is 1. The van der Waals surface area contributed by atoms with E-state index in [1.807, 2.05) is 6.92 Å². The van der Waals surface area contributed by atoms with Gasteiger partial charge in [-0.25, -0.2) is 4.79 Å². The number of carboxylic acid groups (broad SMARTS) is 1. The standard InChI is InChI=1S/C11H16N2O2/c1-8-7-9(11(14)15)3-4-10(8)13-6-2-5-12/h3-4,7,13H,2,5-6,12H2,1H3,(H,14,15). The molecule has 0 fully saturated rings. The molecule has 0 saturated carbocycles. The van der Waals surface area contributed by atoms with E-state index >= 15 is 0 Å². The molecule has 0 aliphatic rings. The van der Waals surface area contributed by atoms with Crippen LogP contribution in [-0.4, -0.2) is 24.2 Å². The number of benzene rings is 1. The molecular formula is C11H16N2O2. The minimum absolute atomic E-state index is 0.317. The minimum atomic E-state index is -0.897. The highest BCUT2D eigenvalue weighted by Gasteiger charge is 2.04. The lowest BCUT2D eigenvalue weighted by molar-refractivity contribution is 0.0697. The summed E-state index contributed by atoms with van der Waals surface area (Å²) in [5, 5.41) is 12.0. The molecule has 0 bridgehead atoms. The zero-order valence-electron chi connectivity index (χ0n) is 8.79. The molecule has 0 aliphatic heterocycles. The molecule has 1 aromatic carbocycles. The monoisotopic (exact) mass is 208 g/mol. The first-order valence-electron chi connectivity index (χ1n) is 4.93. The molecule has 82 valence electrons. The van der Waals surface area contributed by atoms with E-state index in [0.29, 0.717) is 12.1 Å². The second-order valence-corrected chi connectivity index (χ2v) is 3.40. The number of carboxylic acids is 1.